The number of nitrogens with zero attached hydrogens (tertiary/aromatic N) is 2. The smallest absolute Gasteiger partial charge is 0.119 e. The van der Waals surface area contributed by atoms with Gasteiger partial charge in [0.05, 0.1) is 11.6 Å². The van der Waals surface area contributed by atoms with Gasteiger partial charge in [-0.15, -0.1) is 0 Å². The van der Waals surface area contributed by atoms with Gasteiger partial charge in [0.2, 0.25) is 0 Å². The van der Waals surface area contributed by atoms with Crippen LogP contribution in [0.2, 0.25) is 0 Å². The maximum atomic E-state index is 10.2. The first-order valence-corrected chi connectivity index (χ1v) is 7.63. The topological polar surface area (TPSA) is 56.5 Å². The Labute approximate surface area is 127 Å². The summed E-state index contributed by atoms with van der Waals surface area (Å²) in [5, 5.41) is 18.9. The highest BCUT2D eigenvalue weighted by molar-refractivity contribution is 5.34. The van der Waals surface area contributed by atoms with Gasteiger partial charge in [-0.2, -0.15) is 5.26 Å². The van der Waals surface area contributed by atoms with Crippen molar-refractivity contribution in [2.45, 2.75) is 38.8 Å². The van der Waals surface area contributed by atoms with E-state index in [1.165, 1.54) is 12.8 Å². The highest BCUT2D eigenvalue weighted by atomic mass is 16.5. The third-order valence-electron chi connectivity index (χ3n) is 3.53. The van der Waals surface area contributed by atoms with E-state index in [4.69, 9.17) is 10.00 Å². The molecular weight excluding hydrogens is 264 g/mol. The van der Waals surface area contributed by atoms with E-state index in [1.54, 1.807) is 24.3 Å². The summed E-state index contributed by atoms with van der Waals surface area (Å²) < 4.78 is 5.59. The molecule has 2 rings (SSSR count). The van der Waals surface area contributed by atoms with Crippen LogP contribution in [0.15, 0.2) is 24.3 Å². The molecule has 1 aliphatic rings. The fraction of sp³-hybridized carbons (Fsp3) is 0.588. The predicted molar refractivity (Wildman–Crippen MR) is 82.1 cm³/mol. The van der Waals surface area contributed by atoms with Gasteiger partial charge >= 0.3 is 0 Å². The third-order valence-corrected chi connectivity index (χ3v) is 3.53. The zero-order valence-corrected chi connectivity index (χ0v) is 12.8. The van der Waals surface area contributed by atoms with Gasteiger partial charge < -0.3 is 9.84 Å². The van der Waals surface area contributed by atoms with Gasteiger partial charge in [-0.1, -0.05) is 13.8 Å². The summed E-state index contributed by atoms with van der Waals surface area (Å²) in [5.41, 5.74) is 0.611. The third kappa shape index (κ3) is 5.37. The molecule has 4 heteroatoms. The summed E-state index contributed by atoms with van der Waals surface area (Å²) in [5.74, 6) is 1.30. The largest absolute Gasteiger partial charge is 0.491 e. The molecule has 4 nitrogen and oxygen atoms in total. The molecule has 1 aromatic carbocycles. The number of aliphatic hydroxyl groups is 1. The van der Waals surface area contributed by atoms with Crippen molar-refractivity contribution >= 4 is 0 Å². The first kappa shape index (κ1) is 15.8. The first-order chi connectivity index (χ1) is 10.1. The van der Waals surface area contributed by atoms with Gasteiger partial charge in [0, 0.05) is 19.1 Å². The molecule has 0 spiro atoms. The Balaban J connectivity index is 1.77. The van der Waals surface area contributed by atoms with E-state index in [9.17, 15) is 5.11 Å². The lowest BCUT2D eigenvalue weighted by molar-refractivity contribution is 0.0613. The minimum atomic E-state index is -0.486. The van der Waals surface area contributed by atoms with Crippen LogP contribution in [-0.4, -0.2) is 41.8 Å². The van der Waals surface area contributed by atoms with E-state index < -0.39 is 6.10 Å². The Bertz CT molecular complexity index is 475. The Kier molecular flexibility index (Phi) is 5.60. The molecule has 21 heavy (non-hydrogen) atoms. The van der Waals surface area contributed by atoms with Crippen molar-refractivity contribution < 1.29 is 9.84 Å². The van der Waals surface area contributed by atoms with E-state index in [-0.39, 0.29) is 6.61 Å². The van der Waals surface area contributed by atoms with Crippen molar-refractivity contribution in [2.75, 3.05) is 19.7 Å². The number of hydrogen-bond acceptors (Lipinski definition) is 4. The van der Waals surface area contributed by atoms with Crippen LogP contribution in [0.25, 0.3) is 0 Å². The Morgan fingerprint density at radius 1 is 1.29 bits per heavy atom. The number of benzene rings is 1. The molecule has 0 radical (unpaired) electrons. The molecule has 0 bridgehead atoms. The van der Waals surface area contributed by atoms with Crippen LogP contribution in [0.1, 0.15) is 32.3 Å². The molecule has 0 aromatic heterocycles. The van der Waals surface area contributed by atoms with Crippen molar-refractivity contribution in [1.29, 1.82) is 5.26 Å². The van der Waals surface area contributed by atoms with Crippen molar-refractivity contribution in [2.24, 2.45) is 5.92 Å². The van der Waals surface area contributed by atoms with E-state index >= 15 is 0 Å². The monoisotopic (exact) mass is 288 g/mol. The van der Waals surface area contributed by atoms with Crippen molar-refractivity contribution in [3.8, 4) is 11.8 Å². The fourth-order valence-electron chi connectivity index (χ4n) is 2.42. The molecule has 1 unspecified atom stereocenters. The number of aliphatic hydroxyl groups excluding tert-OH is 1. The van der Waals surface area contributed by atoms with Gasteiger partial charge in [0.15, 0.2) is 0 Å². The molecule has 0 heterocycles. The number of nitriles is 1. The molecular formula is C17H24N2O2. The second-order valence-electron chi connectivity index (χ2n) is 6.18. The molecule has 1 aliphatic carbocycles. The van der Waals surface area contributed by atoms with Gasteiger partial charge in [-0.3, -0.25) is 4.90 Å². The van der Waals surface area contributed by atoms with Crippen LogP contribution in [0.3, 0.4) is 0 Å². The molecule has 0 amide bonds. The molecule has 114 valence electrons. The van der Waals surface area contributed by atoms with Crippen molar-refractivity contribution in [1.82, 2.24) is 4.90 Å². The number of rotatable bonds is 8. The average Bonchev–Trinajstić information content (AvgIpc) is 3.29. The number of ether oxygens (including phenoxy) is 1. The SMILES string of the molecule is CC(C)CN(CC(O)COc1ccc(C#N)cc1)C1CC1. The fourth-order valence-corrected chi connectivity index (χ4v) is 2.42. The standard InChI is InChI=1S/C17H24N2O2/c1-13(2)10-19(15-5-6-15)11-16(20)12-21-17-7-3-14(9-18)4-8-17/h3-4,7-8,13,15-16,20H,5-6,10-12H2,1-2H3. The van der Waals surface area contributed by atoms with Gasteiger partial charge in [-0.05, 0) is 43.0 Å². The van der Waals surface area contributed by atoms with E-state index in [0.717, 1.165) is 6.54 Å². The van der Waals surface area contributed by atoms with Gasteiger partial charge in [0.25, 0.3) is 0 Å². The molecule has 1 N–H and O–H groups in total. The zero-order valence-electron chi connectivity index (χ0n) is 12.8. The first-order valence-electron chi connectivity index (χ1n) is 7.63. The minimum Gasteiger partial charge on any atom is -0.491 e. The molecule has 1 aromatic rings. The Morgan fingerprint density at radius 2 is 1.95 bits per heavy atom. The Morgan fingerprint density at radius 3 is 2.48 bits per heavy atom. The van der Waals surface area contributed by atoms with Crippen LogP contribution >= 0.6 is 0 Å². The van der Waals surface area contributed by atoms with E-state index in [0.29, 0.717) is 29.8 Å². The number of hydrogen-bond donors (Lipinski definition) is 1. The molecule has 0 aliphatic heterocycles. The van der Waals surface area contributed by atoms with Crippen LogP contribution in [0, 0.1) is 17.2 Å². The van der Waals surface area contributed by atoms with Crippen LogP contribution in [-0.2, 0) is 0 Å². The predicted octanol–water partition coefficient (Wildman–Crippen LogP) is 2.42. The zero-order chi connectivity index (χ0) is 15.2. The van der Waals surface area contributed by atoms with Gasteiger partial charge in [-0.25, -0.2) is 0 Å². The summed E-state index contributed by atoms with van der Waals surface area (Å²) in [7, 11) is 0. The van der Waals surface area contributed by atoms with E-state index in [1.807, 2.05) is 0 Å². The lowest BCUT2D eigenvalue weighted by atomic mass is 10.2. The quantitative estimate of drug-likeness (QED) is 0.798. The lowest BCUT2D eigenvalue weighted by Crippen LogP contribution is -2.39. The minimum absolute atomic E-state index is 0.285. The Hall–Kier alpha value is -1.57. The van der Waals surface area contributed by atoms with E-state index in [2.05, 4.69) is 24.8 Å². The lowest BCUT2D eigenvalue weighted by Gasteiger charge is -2.26. The second-order valence-corrected chi connectivity index (χ2v) is 6.18. The summed E-state index contributed by atoms with van der Waals surface area (Å²) in [6.07, 6.45) is 2.01. The summed E-state index contributed by atoms with van der Waals surface area (Å²) >= 11 is 0. The second kappa shape index (κ2) is 7.44. The highest BCUT2D eigenvalue weighted by Gasteiger charge is 2.30. The molecule has 1 fully saturated rings. The molecule has 1 saturated carbocycles. The van der Waals surface area contributed by atoms with Crippen LogP contribution in [0.5, 0.6) is 5.75 Å². The summed E-state index contributed by atoms with van der Waals surface area (Å²) in [6.45, 7) is 6.38. The normalized spacial score (nSPS) is 16.0. The summed E-state index contributed by atoms with van der Waals surface area (Å²) in [6, 6.07) is 9.68. The maximum Gasteiger partial charge on any atom is 0.119 e. The highest BCUT2D eigenvalue weighted by Crippen LogP contribution is 2.27. The molecule has 0 saturated heterocycles. The average molecular weight is 288 g/mol. The van der Waals surface area contributed by atoms with Crippen LogP contribution < -0.4 is 4.74 Å². The van der Waals surface area contributed by atoms with Crippen molar-refractivity contribution in [3.05, 3.63) is 29.8 Å². The maximum absolute atomic E-state index is 10.2. The van der Waals surface area contributed by atoms with Crippen molar-refractivity contribution in [3.63, 3.8) is 0 Å². The summed E-state index contributed by atoms with van der Waals surface area (Å²) in [4.78, 5) is 2.37. The van der Waals surface area contributed by atoms with Crippen LogP contribution in [0.4, 0.5) is 0 Å². The molecule has 1 atom stereocenters. The van der Waals surface area contributed by atoms with Gasteiger partial charge in [0.1, 0.15) is 18.5 Å².